The van der Waals surface area contributed by atoms with Crippen LogP contribution in [0.5, 0.6) is 0 Å². The van der Waals surface area contributed by atoms with Crippen LogP contribution in [0.3, 0.4) is 0 Å². The molecule has 5 rings (SSSR count). The van der Waals surface area contributed by atoms with Gasteiger partial charge in [-0.2, -0.15) is 0 Å². The van der Waals surface area contributed by atoms with Crippen molar-refractivity contribution in [2.24, 2.45) is 17.8 Å². The number of amides is 1. The maximum absolute atomic E-state index is 13.3. The van der Waals surface area contributed by atoms with Crippen LogP contribution in [0, 0.1) is 23.6 Å². The number of nitrogens with zero attached hydrogens (tertiary/aromatic N) is 2. The van der Waals surface area contributed by atoms with Crippen LogP contribution in [0.4, 0.5) is 4.39 Å². The normalized spacial score (nSPS) is 27.2. The summed E-state index contributed by atoms with van der Waals surface area (Å²) in [7, 11) is 0. The Morgan fingerprint density at radius 1 is 1.19 bits per heavy atom. The molecule has 0 radical (unpaired) electrons. The lowest BCUT2D eigenvalue weighted by molar-refractivity contribution is -0.127. The number of likely N-dealkylation sites (N-methyl/N-ethyl adjacent to an activating group) is 1. The molecule has 1 saturated carbocycles. The van der Waals surface area contributed by atoms with Gasteiger partial charge in [0.15, 0.2) is 0 Å². The number of benzene rings is 1. The number of fused-ring (bicyclic) bond motifs is 3. The summed E-state index contributed by atoms with van der Waals surface area (Å²) in [6.07, 6.45) is 2.33. The zero-order valence-electron chi connectivity index (χ0n) is 17.6. The molecule has 0 bridgehead atoms. The Balaban J connectivity index is 1.55. The second kappa shape index (κ2) is 7.88. The summed E-state index contributed by atoms with van der Waals surface area (Å²) in [5, 5.41) is 13.2. The van der Waals surface area contributed by atoms with Gasteiger partial charge in [-0.25, -0.2) is 4.39 Å². The molecule has 1 amide bonds. The van der Waals surface area contributed by atoms with E-state index < -0.39 is 0 Å². The van der Waals surface area contributed by atoms with Gasteiger partial charge in [-0.1, -0.05) is 12.1 Å². The summed E-state index contributed by atoms with van der Waals surface area (Å²) in [5.74, 6) is -0.00319. The fourth-order valence-electron chi connectivity index (χ4n) is 5.54. The van der Waals surface area contributed by atoms with Crippen LogP contribution in [0.1, 0.15) is 31.5 Å². The van der Waals surface area contributed by atoms with Crippen LogP contribution in [-0.4, -0.2) is 46.2 Å². The van der Waals surface area contributed by atoms with E-state index in [0.29, 0.717) is 30.1 Å². The van der Waals surface area contributed by atoms with Crippen molar-refractivity contribution in [1.29, 1.82) is 0 Å². The lowest BCUT2D eigenvalue weighted by Crippen LogP contribution is -2.48. The number of aliphatic hydroxyl groups is 1. The third kappa shape index (κ3) is 3.40. The number of hydrogen-bond donors (Lipinski definition) is 2. The van der Waals surface area contributed by atoms with Gasteiger partial charge in [0.25, 0.3) is 5.56 Å². The SMILES string of the molecule is CCNC(=O)[C@H]1[C@H](CO)[C@H]2Cn3c(ccc(-c4ccc(F)cc4)c3=O)[C@H]2N1CC1CC1. The van der Waals surface area contributed by atoms with Crippen molar-refractivity contribution in [2.45, 2.75) is 38.4 Å². The molecular formula is C24H28FN3O3. The van der Waals surface area contributed by atoms with Crippen molar-refractivity contribution in [1.82, 2.24) is 14.8 Å². The minimum absolute atomic E-state index is 0.00697. The summed E-state index contributed by atoms with van der Waals surface area (Å²) >= 11 is 0. The van der Waals surface area contributed by atoms with Crippen LogP contribution < -0.4 is 10.9 Å². The van der Waals surface area contributed by atoms with E-state index in [9.17, 15) is 19.1 Å². The van der Waals surface area contributed by atoms with Crippen molar-refractivity contribution >= 4 is 5.91 Å². The number of pyridine rings is 1. The molecule has 0 unspecified atom stereocenters. The minimum Gasteiger partial charge on any atom is -0.396 e. The van der Waals surface area contributed by atoms with Crippen molar-refractivity contribution in [2.75, 3.05) is 19.7 Å². The monoisotopic (exact) mass is 425 g/mol. The van der Waals surface area contributed by atoms with E-state index >= 15 is 0 Å². The van der Waals surface area contributed by atoms with Crippen LogP contribution in [0.15, 0.2) is 41.2 Å². The van der Waals surface area contributed by atoms with E-state index in [1.807, 2.05) is 19.1 Å². The predicted molar refractivity (Wildman–Crippen MR) is 115 cm³/mol. The molecule has 3 aliphatic rings. The van der Waals surface area contributed by atoms with E-state index in [0.717, 1.165) is 25.1 Å². The summed E-state index contributed by atoms with van der Waals surface area (Å²) < 4.78 is 15.1. The molecule has 4 atom stereocenters. The fourth-order valence-corrected chi connectivity index (χ4v) is 5.54. The molecule has 6 nitrogen and oxygen atoms in total. The molecule has 1 aromatic heterocycles. The van der Waals surface area contributed by atoms with Crippen molar-refractivity contribution < 1.29 is 14.3 Å². The molecule has 2 aliphatic heterocycles. The van der Waals surface area contributed by atoms with Crippen molar-refractivity contribution in [3.05, 3.63) is 58.3 Å². The zero-order valence-corrected chi connectivity index (χ0v) is 17.6. The number of aliphatic hydroxyl groups excluding tert-OH is 1. The molecule has 2 fully saturated rings. The van der Waals surface area contributed by atoms with E-state index in [2.05, 4.69) is 10.2 Å². The van der Waals surface area contributed by atoms with Gasteiger partial charge in [-0.3, -0.25) is 14.5 Å². The second-order valence-electron chi connectivity index (χ2n) is 9.03. The van der Waals surface area contributed by atoms with Gasteiger partial charge in [0.2, 0.25) is 5.91 Å². The zero-order chi connectivity index (χ0) is 21.7. The fraction of sp³-hybridized carbons (Fsp3) is 0.500. The number of halogens is 1. The lowest BCUT2D eigenvalue weighted by Gasteiger charge is -2.30. The Morgan fingerprint density at radius 2 is 1.94 bits per heavy atom. The highest BCUT2D eigenvalue weighted by atomic mass is 19.1. The van der Waals surface area contributed by atoms with Gasteiger partial charge >= 0.3 is 0 Å². The number of carbonyl (C=O) groups excluding carboxylic acids is 1. The first-order valence-corrected chi connectivity index (χ1v) is 11.2. The topological polar surface area (TPSA) is 74.6 Å². The molecule has 0 spiro atoms. The van der Waals surface area contributed by atoms with Crippen LogP contribution in [0.25, 0.3) is 11.1 Å². The Morgan fingerprint density at radius 3 is 2.58 bits per heavy atom. The summed E-state index contributed by atoms with van der Waals surface area (Å²) in [6.45, 7) is 3.66. The lowest BCUT2D eigenvalue weighted by atomic mass is 9.88. The molecular weight excluding hydrogens is 397 g/mol. The van der Waals surface area contributed by atoms with E-state index in [1.165, 1.54) is 12.1 Å². The second-order valence-corrected chi connectivity index (χ2v) is 9.03. The standard InChI is InChI=1S/C24H28FN3O3/c1-2-26-23(30)22-19(13-29)18-12-27-20(21(18)28(22)11-14-3-4-14)10-9-17(24(27)31)15-5-7-16(25)8-6-15/h5-10,14,18-19,21-22,29H,2-4,11-13H2,1H3,(H,26,30)/t18-,19-,21+,22-/m1/s1. The first kappa shape index (κ1) is 20.4. The van der Waals surface area contributed by atoms with Crippen molar-refractivity contribution in [3.8, 4) is 11.1 Å². The number of carbonyl (C=O) groups is 1. The first-order chi connectivity index (χ1) is 15.0. The third-order valence-electron chi connectivity index (χ3n) is 7.13. The molecule has 7 heteroatoms. The van der Waals surface area contributed by atoms with Gasteiger partial charge in [-0.15, -0.1) is 0 Å². The highest BCUT2D eigenvalue weighted by Crippen LogP contribution is 2.50. The van der Waals surface area contributed by atoms with Crippen LogP contribution in [-0.2, 0) is 11.3 Å². The van der Waals surface area contributed by atoms with E-state index in [1.54, 1.807) is 16.7 Å². The third-order valence-corrected chi connectivity index (χ3v) is 7.13. The average Bonchev–Trinajstić information content (AvgIpc) is 3.41. The Labute approximate surface area is 180 Å². The van der Waals surface area contributed by atoms with Gasteiger partial charge in [-0.05, 0) is 55.5 Å². The Hall–Kier alpha value is -2.51. The number of rotatable bonds is 6. The Kier molecular flexibility index (Phi) is 5.18. The highest BCUT2D eigenvalue weighted by molar-refractivity contribution is 5.82. The molecule has 164 valence electrons. The molecule has 2 aromatic rings. The van der Waals surface area contributed by atoms with Crippen LogP contribution >= 0.6 is 0 Å². The first-order valence-electron chi connectivity index (χ1n) is 11.2. The maximum atomic E-state index is 13.3. The summed E-state index contributed by atoms with van der Waals surface area (Å²) in [6, 6.07) is 9.31. The molecule has 3 heterocycles. The molecule has 1 aromatic carbocycles. The number of nitrogens with one attached hydrogen (secondary N) is 1. The van der Waals surface area contributed by atoms with Gasteiger partial charge in [0.05, 0.1) is 12.1 Å². The predicted octanol–water partition coefficient (Wildman–Crippen LogP) is 2.16. The number of hydrogen-bond acceptors (Lipinski definition) is 4. The number of likely N-dealkylation sites (tertiary alicyclic amines) is 1. The maximum Gasteiger partial charge on any atom is 0.258 e. The molecule has 1 saturated heterocycles. The van der Waals surface area contributed by atoms with E-state index in [-0.39, 0.29) is 47.8 Å². The van der Waals surface area contributed by atoms with Crippen LogP contribution in [0.2, 0.25) is 0 Å². The minimum atomic E-state index is -0.374. The largest absolute Gasteiger partial charge is 0.396 e. The van der Waals surface area contributed by atoms with Gasteiger partial charge in [0.1, 0.15) is 5.82 Å². The Bertz CT molecular complexity index is 1050. The van der Waals surface area contributed by atoms with Gasteiger partial charge < -0.3 is 15.0 Å². The molecule has 1 aliphatic carbocycles. The smallest absolute Gasteiger partial charge is 0.258 e. The summed E-state index contributed by atoms with van der Waals surface area (Å²) in [5.41, 5.74) is 2.04. The van der Waals surface area contributed by atoms with Gasteiger partial charge in [0, 0.05) is 49.3 Å². The number of aromatic nitrogens is 1. The quantitative estimate of drug-likeness (QED) is 0.744. The molecule has 2 N–H and O–H groups in total. The average molecular weight is 426 g/mol. The van der Waals surface area contributed by atoms with E-state index in [4.69, 9.17) is 0 Å². The highest BCUT2D eigenvalue weighted by Gasteiger charge is 2.56. The van der Waals surface area contributed by atoms with Crippen molar-refractivity contribution in [3.63, 3.8) is 0 Å². The summed E-state index contributed by atoms with van der Waals surface area (Å²) in [4.78, 5) is 28.5. The molecule has 31 heavy (non-hydrogen) atoms.